The second kappa shape index (κ2) is 6.51. The lowest BCUT2D eigenvalue weighted by atomic mass is 10.3. The fourth-order valence-corrected chi connectivity index (χ4v) is 1.69. The molecule has 21 heavy (non-hydrogen) atoms. The van der Waals surface area contributed by atoms with E-state index in [0.717, 1.165) is 5.56 Å². The van der Waals surface area contributed by atoms with Crippen LogP contribution in [0.2, 0.25) is 0 Å². The van der Waals surface area contributed by atoms with Gasteiger partial charge in [-0.15, -0.1) is 0 Å². The molecular formula is C13H15N5O3. The molecule has 110 valence electrons. The number of aromatic nitrogens is 3. The monoisotopic (exact) mass is 289 g/mol. The maximum Gasteiger partial charge on any atom is 0.356 e. The Kier molecular flexibility index (Phi) is 4.50. The van der Waals surface area contributed by atoms with Crippen molar-refractivity contribution in [2.45, 2.75) is 13.5 Å². The number of rotatable bonds is 5. The van der Waals surface area contributed by atoms with Crippen LogP contribution < -0.4 is 10.6 Å². The van der Waals surface area contributed by atoms with Gasteiger partial charge in [0.1, 0.15) is 0 Å². The first-order valence-corrected chi connectivity index (χ1v) is 6.26. The number of hydrogen-bond acceptors (Lipinski definition) is 4. The molecule has 0 aromatic carbocycles. The van der Waals surface area contributed by atoms with Gasteiger partial charge in [-0.25, -0.2) is 14.6 Å². The molecule has 3 N–H and O–H groups in total. The molecule has 0 aliphatic carbocycles. The third kappa shape index (κ3) is 4.30. The third-order valence-electron chi connectivity index (χ3n) is 2.64. The molecule has 2 aromatic heterocycles. The summed E-state index contributed by atoms with van der Waals surface area (Å²) in [4.78, 5) is 30.0. The standard InChI is InChI=1S/C13H15N5O3/c1-9-4-10(6-14-5-9)17-13(21)15-2-3-18-7-11(12(19)20)16-8-18/h4-8H,2-3H2,1H3,(H,19,20)(H2,15,17,21). The SMILES string of the molecule is Cc1cncc(NC(=O)NCCn2cnc(C(=O)O)c2)c1. The average Bonchev–Trinajstić information content (AvgIpc) is 2.87. The number of nitrogens with zero attached hydrogens (tertiary/aromatic N) is 3. The number of anilines is 1. The molecule has 0 saturated carbocycles. The van der Waals surface area contributed by atoms with E-state index in [2.05, 4.69) is 20.6 Å². The summed E-state index contributed by atoms with van der Waals surface area (Å²) in [6.07, 6.45) is 6.07. The Morgan fingerprint density at radius 3 is 2.86 bits per heavy atom. The van der Waals surface area contributed by atoms with Crippen molar-refractivity contribution in [2.75, 3.05) is 11.9 Å². The molecule has 0 saturated heterocycles. The van der Waals surface area contributed by atoms with Crippen molar-refractivity contribution in [3.05, 3.63) is 42.2 Å². The molecule has 2 rings (SSSR count). The summed E-state index contributed by atoms with van der Waals surface area (Å²) in [6.45, 7) is 2.66. The lowest BCUT2D eigenvalue weighted by Gasteiger charge is -2.08. The number of carboxylic acids is 1. The molecule has 0 fully saturated rings. The molecule has 2 aromatic rings. The zero-order valence-electron chi connectivity index (χ0n) is 11.4. The van der Waals surface area contributed by atoms with Gasteiger partial charge < -0.3 is 20.3 Å². The van der Waals surface area contributed by atoms with Crippen molar-refractivity contribution in [2.24, 2.45) is 0 Å². The van der Waals surface area contributed by atoms with Gasteiger partial charge in [0.2, 0.25) is 0 Å². The Morgan fingerprint density at radius 1 is 1.38 bits per heavy atom. The summed E-state index contributed by atoms with van der Waals surface area (Å²) in [7, 11) is 0. The number of carbonyl (C=O) groups excluding carboxylic acids is 1. The van der Waals surface area contributed by atoms with Crippen LogP contribution in [0.5, 0.6) is 0 Å². The molecule has 0 unspecified atom stereocenters. The summed E-state index contributed by atoms with van der Waals surface area (Å²) < 4.78 is 1.60. The Balaban J connectivity index is 1.77. The normalized spacial score (nSPS) is 10.1. The van der Waals surface area contributed by atoms with Crippen molar-refractivity contribution < 1.29 is 14.7 Å². The molecule has 8 nitrogen and oxygen atoms in total. The summed E-state index contributed by atoms with van der Waals surface area (Å²) in [6, 6.07) is 1.46. The number of carbonyl (C=O) groups is 2. The van der Waals surface area contributed by atoms with Gasteiger partial charge in [-0.2, -0.15) is 0 Å². The van der Waals surface area contributed by atoms with Gasteiger partial charge in [-0.3, -0.25) is 4.98 Å². The van der Waals surface area contributed by atoms with Crippen LogP contribution in [0.3, 0.4) is 0 Å². The minimum Gasteiger partial charge on any atom is -0.476 e. The quantitative estimate of drug-likeness (QED) is 0.763. The summed E-state index contributed by atoms with van der Waals surface area (Å²) in [5, 5.41) is 14.1. The average molecular weight is 289 g/mol. The van der Waals surface area contributed by atoms with E-state index in [1.165, 1.54) is 12.5 Å². The Hall–Kier alpha value is -2.90. The highest BCUT2D eigenvalue weighted by molar-refractivity contribution is 5.89. The molecule has 0 atom stereocenters. The number of aryl methyl sites for hydroxylation is 1. The van der Waals surface area contributed by atoms with Crippen molar-refractivity contribution in [3.8, 4) is 0 Å². The predicted molar refractivity (Wildman–Crippen MR) is 75.2 cm³/mol. The van der Waals surface area contributed by atoms with Gasteiger partial charge in [0.25, 0.3) is 0 Å². The van der Waals surface area contributed by atoms with Crippen LogP contribution in [0.15, 0.2) is 31.0 Å². The topological polar surface area (TPSA) is 109 Å². The molecule has 0 aliphatic rings. The number of amides is 2. The van der Waals surface area contributed by atoms with E-state index in [0.29, 0.717) is 18.8 Å². The number of aromatic carboxylic acids is 1. The summed E-state index contributed by atoms with van der Waals surface area (Å²) in [5.74, 6) is -1.08. The van der Waals surface area contributed by atoms with E-state index in [1.54, 1.807) is 17.0 Å². The molecule has 0 aliphatic heterocycles. The second-order valence-electron chi connectivity index (χ2n) is 4.43. The van der Waals surface area contributed by atoms with Crippen LogP contribution >= 0.6 is 0 Å². The van der Waals surface area contributed by atoms with Crippen molar-refractivity contribution in [1.29, 1.82) is 0 Å². The number of nitrogens with one attached hydrogen (secondary N) is 2. The molecular weight excluding hydrogens is 274 g/mol. The summed E-state index contributed by atoms with van der Waals surface area (Å²) in [5.41, 5.74) is 1.54. The van der Waals surface area contributed by atoms with Crippen LogP contribution in [0.1, 0.15) is 16.1 Å². The number of imidazole rings is 1. The van der Waals surface area contributed by atoms with Crippen LogP contribution in [0.25, 0.3) is 0 Å². The maximum absolute atomic E-state index is 11.7. The van der Waals surface area contributed by atoms with Gasteiger partial charge in [0, 0.05) is 25.5 Å². The molecule has 8 heteroatoms. The van der Waals surface area contributed by atoms with Crippen LogP contribution in [-0.4, -0.2) is 38.2 Å². The lowest BCUT2D eigenvalue weighted by Crippen LogP contribution is -2.31. The van der Waals surface area contributed by atoms with Gasteiger partial charge in [-0.1, -0.05) is 0 Å². The van der Waals surface area contributed by atoms with Gasteiger partial charge in [-0.05, 0) is 18.6 Å². The first kappa shape index (κ1) is 14.5. The predicted octanol–water partition coefficient (Wildman–Crippen LogP) is 1.11. The number of carboxylic acid groups (broad SMARTS) is 1. The fraction of sp³-hybridized carbons (Fsp3) is 0.231. The number of urea groups is 1. The lowest BCUT2D eigenvalue weighted by molar-refractivity contribution is 0.0691. The smallest absolute Gasteiger partial charge is 0.356 e. The first-order chi connectivity index (χ1) is 10.0. The highest BCUT2D eigenvalue weighted by Gasteiger charge is 2.06. The largest absolute Gasteiger partial charge is 0.476 e. The van der Waals surface area contributed by atoms with Gasteiger partial charge in [0.05, 0.1) is 18.2 Å². The van der Waals surface area contributed by atoms with Gasteiger partial charge in [0.15, 0.2) is 5.69 Å². The zero-order valence-corrected chi connectivity index (χ0v) is 11.4. The van der Waals surface area contributed by atoms with Crippen LogP contribution in [-0.2, 0) is 6.54 Å². The van der Waals surface area contributed by atoms with E-state index in [4.69, 9.17) is 5.11 Å². The minimum atomic E-state index is -1.08. The Morgan fingerprint density at radius 2 is 2.19 bits per heavy atom. The fourth-order valence-electron chi connectivity index (χ4n) is 1.69. The molecule has 2 heterocycles. The van der Waals surface area contributed by atoms with Crippen LogP contribution in [0.4, 0.5) is 10.5 Å². The maximum atomic E-state index is 11.7. The number of pyridine rings is 1. The Labute approximate surface area is 120 Å². The van der Waals surface area contributed by atoms with Crippen molar-refractivity contribution >= 4 is 17.7 Å². The van der Waals surface area contributed by atoms with E-state index >= 15 is 0 Å². The van der Waals surface area contributed by atoms with E-state index in [-0.39, 0.29) is 11.7 Å². The van der Waals surface area contributed by atoms with Crippen LogP contribution in [0, 0.1) is 6.92 Å². The summed E-state index contributed by atoms with van der Waals surface area (Å²) >= 11 is 0. The minimum absolute atomic E-state index is 0.0229. The molecule has 0 radical (unpaired) electrons. The number of hydrogen-bond donors (Lipinski definition) is 3. The Bertz CT molecular complexity index is 653. The van der Waals surface area contributed by atoms with Crippen molar-refractivity contribution in [1.82, 2.24) is 19.9 Å². The van der Waals surface area contributed by atoms with E-state index in [1.807, 2.05) is 13.0 Å². The van der Waals surface area contributed by atoms with E-state index in [9.17, 15) is 9.59 Å². The first-order valence-electron chi connectivity index (χ1n) is 6.26. The third-order valence-corrected chi connectivity index (χ3v) is 2.64. The highest BCUT2D eigenvalue weighted by Crippen LogP contribution is 2.06. The zero-order chi connectivity index (χ0) is 15.2. The van der Waals surface area contributed by atoms with Crippen molar-refractivity contribution in [3.63, 3.8) is 0 Å². The molecule has 0 bridgehead atoms. The molecule has 0 spiro atoms. The molecule has 2 amide bonds. The highest BCUT2D eigenvalue weighted by atomic mass is 16.4. The van der Waals surface area contributed by atoms with Gasteiger partial charge >= 0.3 is 12.0 Å². The van der Waals surface area contributed by atoms with E-state index < -0.39 is 5.97 Å². The second-order valence-corrected chi connectivity index (χ2v) is 4.43.